The van der Waals surface area contributed by atoms with Gasteiger partial charge in [0.15, 0.2) is 12.8 Å². The summed E-state index contributed by atoms with van der Waals surface area (Å²) in [5, 5.41) is 12.0. The molecule has 1 saturated heterocycles. The van der Waals surface area contributed by atoms with Gasteiger partial charge in [-0.2, -0.15) is 5.06 Å². The molecule has 3 rings (SSSR count). The fraction of sp³-hybridized carbons (Fsp3) is 0.211. The van der Waals surface area contributed by atoms with Gasteiger partial charge in [-0.3, -0.25) is 24.5 Å². The molecular weight excluding hydrogens is 382 g/mol. The summed E-state index contributed by atoms with van der Waals surface area (Å²) in [7, 11) is 1.17. The first-order valence-corrected chi connectivity index (χ1v) is 8.54. The molecule has 0 saturated carbocycles. The summed E-state index contributed by atoms with van der Waals surface area (Å²) in [4.78, 5) is 54.1. The molecule has 1 fully saturated rings. The Bertz CT molecular complexity index is 948. The summed E-state index contributed by atoms with van der Waals surface area (Å²) < 4.78 is 4.51. The Morgan fingerprint density at radius 3 is 2.55 bits per heavy atom. The number of carbonyl (C=O) groups is 3. The number of nitro groups is 1. The lowest BCUT2D eigenvalue weighted by Crippen LogP contribution is -2.36. The Hall–Kier alpha value is -3.79. The highest BCUT2D eigenvalue weighted by molar-refractivity contribution is 5.98. The third kappa shape index (κ3) is 4.22. The smallest absolute Gasteiger partial charge is 0.334 e. The molecule has 0 N–H and O–H groups in total. The Kier molecular flexibility index (Phi) is 5.84. The second-order valence-electron chi connectivity index (χ2n) is 6.09. The minimum Gasteiger partial charge on any atom is -0.467 e. The number of hydroxylamine groups is 2. The Balaban J connectivity index is 1.99. The number of rotatable bonds is 6. The third-order valence-corrected chi connectivity index (χ3v) is 4.28. The Morgan fingerprint density at radius 2 is 1.90 bits per heavy atom. The van der Waals surface area contributed by atoms with Crippen LogP contribution in [0.2, 0.25) is 0 Å². The number of ether oxygens (including phenoxy) is 1. The molecule has 0 bridgehead atoms. The van der Waals surface area contributed by atoms with Crippen molar-refractivity contribution in [2.24, 2.45) is 0 Å². The maximum atomic E-state index is 13.0. The number of benzene rings is 2. The molecule has 150 valence electrons. The first kappa shape index (κ1) is 20.0. The van der Waals surface area contributed by atoms with Crippen LogP contribution in [0.3, 0.4) is 0 Å². The molecule has 29 heavy (non-hydrogen) atoms. The number of esters is 1. The molecule has 0 aliphatic carbocycles. The molecule has 10 nitrogen and oxygen atoms in total. The zero-order valence-electron chi connectivity index (χ0n) is 15.4. The number of hydrogen-bond acceptors (Lipinski definition) is 7. The van der Waals surface area contributed by atoms with Crippen LogP contribution in [0.15, 0.2) is 54.6 Å². The van der Waals surface area contributed by atoms with Crippen LogP contribution in [0.5, 0.6) is 0 Å². The van der Waals surface area contributed by atoms with Crippen molar-refractivity contribution in [3.63, 3.8) is 0 Å². The zero-order chi connectivity index (χ0) is 21.0. The minimum atomic E-state index is -1.08. The van der Waals surface area contributed by atoms with Crippen molar-refractivity contribution in [2.45, 2.75) is 6.17 Å². The number of nitro benzene ring substituents is 1. The average Bonchev–Trinajstić information content (AvgIpc) is 3.08. The molecule has 10 heteroatoms. The van der Waals surface area contributed by atoms with Gasteiger partial charge in [-0.25, -0.2) is 4.79 Å². The second kappa shape index (κ2) is 8.48. The van der Waals surface area contributed by atoms with Gasteiger partial charge in [0.2, 0.25) is 0 Å². The number of hydrogen-bond donors (Lipinski definition) is 0. The predicted molar refractivity (Wildman–Crippen MR) is 98.1 cm³/mol. The summed E-state index contributed by atoms with van der Waals surface area (Å²) in [6, 6.07) is 13.8. The van der Waals surface area contributed by atoms with E-state index < -0.39 is 35.5 Å². The van der Waals surface area contributed by atoms with Gasteiger partial charge in [-0.1, -0.05) is 30.3 Å². The van der Waals surface area contributed by atoms with Gasteiger partial charge in [0.25, 0.3) is 17.5 Å². The van der Waals surface area contributed by atoms with Crippen molar-refractivity contribution < 1.29 is 28.9 Å². The number of nitrogens with zero attached hydrogens (tertiary/aromatic N) is 3. The van der Waals surface area contributed by atoms with Crippen LogP contribution < -0.4 is 0 Å². The van der Waals surface area contributed by atoms with Crippen molar-refractivity contribution in [1.82, 2.24) is 9.96 Å². The minimum absolute atomic E-state index is 0.207. The lowest BCUT2D eigenvalue weighted by molar-refractivity contribution is -0.385. The monoisotopic (exact) mass is 399 g/mol. The van der Waals surface area contributed by atoms with Gasteiger partial charge in [0.05, 0.1) is 12.0 Å². The molecule has 0 spiro atoms. The number of carbonyl (C=O) groups excluding carboxylic acids is 3. The quantitative estimate of drug-likeness (QED) is 0.412. The van der Waals surface area contributed by atoms with Crippen LogP contribution in [0.25, 0.3) is 0 Å². The fourth-order valence-corrected chi connectivity index (χ4v) is 2.93. The molecule has 1 atom stereocenters. The standard InChI is InChI=1S/C19H17N3O7/c1-28-17(24)12-29-21-16(23)11-20(19(25)13-6-3-2-4-7-13)18(21)14-8-5-9-15(10-14)22(26)27/h2-10,18H,11-12H2,1H3/t18-/m0/s1. The molecule has 2 aromatic carbocycles. The van der Waals surface area contributed by atoms with E-state index in [1.54, 1.807) is 30.3 Å². The average molecular weight is 399 g/mol. The van der Waals surface area contributed by atoms with Gasteiger partial charge in [-0.05, 0) is 12.1 Å². The van der Waals surface area contributed by atoms with E-state index in [9.17, 15) is 24.5 Å². The van der Waals surface area contributed by atoms with Gasteiger partial charge >= 0.3 is 5.97 Å². The Morgan fingerprint density at radius 1 is 1.17 bits per heavy atom. The van der Waals surface area contributed by atoms with Crippen LogP contribution in [0, 0.1) is 10.1 Å². The van der Waals surface area contributed by atoms with Crippen LogP contribution in [-0.4, -0.2) is 52.9 Å². The summed E-state index contributed by atoms with van der Waals surface area (Å²) in [6.45, 7) is -0.872. The second-order valence-corrected chi connectivity index (χ2v) is 6.09. The van der Waals surface area contributed by atoms with Crippen LogP contribution in [0.1, 0.15) is 22.1 Å². The highest BCUT2D eigenvalue weighted by Gasteiger charge is 2.43. The van der Waals surface area contributed by atoms with E-state index in [0.717, 1.165) is 5.06 Å². The number of non-ortho nitro benzene ring substituents is 1. The maximum absolute atomic E-state index is 13.0. The molecular formula is C19H17N3O7. The van der Waals surface area contributed by atoms with Crippen molar-refractivity contribution in [2.75, 3.05) is 20.3 Å². The predicted octanol–water partition coefficient (Wildman–Crippen LogP) is 1.68. The summed E-state index contributed by atoms with van der Waals surface area (Å²) >= 11 is 0. The molecule has 0 radical (unpaired) electrons. The Labute approximate surface area is 165 Å². The summed E-state index contributed by atoms with van der Waals surface area (Å²) in [5.41, 5.74) is 0.423. The van der Waals surface area contributed by atoms with Crippen molar-refractivity contribution in [3.8, 4) is 0 Å². The van der Waals surface area contributed by atoms with Gasteiger partial charge < -0.3 is 9.64 Å². The van der Waals surface area contributed by atoms with Crippen LogP contribution in [-0.2, 0) is 19.2 Å². The van der Waals surface area contributed by atoms with E-state index in [2.05, 4.69) is 4.74 Å². The van der Waals surface area contributed by atoms with Gasteiger partial charge in [-0.15, -0.1) is 0 Å². The van der Waals surface area contributed by atoms with Crippen LogP contribution in [0.4, 0.5) is 5.69 Å². The molecule has 2 amide bonds. The first-order valence-electron chi connectivity index (χ1n) is 8.54. The summed E-state index contributed by atoms with van der Waals surface area (Å²) in [5.74, 6) is -1.75. The molecule has 1 aliphatic rings. The van der Waals surface area contributed by atoms with Gasteiger partial charge in [0.1, 0.15) is 6.54 Å². The zero-order valence-corrected chi connectivity index (χ0v) is 15.4. The molecule has 1 aliphatic heterocycles. The highest BCUT2D eigenvalue weighted by Crippen LogP contribution is 2.34. The molecule has 2 aromatic rings. The topological polar surface area (TPSA) is 119 Å². The maximum Gasteiger partial charge on any atom is 0.334 e. The van der Waals surface area contributed by atoms with Crippen molar-refractivity contribution >= 4 is 23.5 Å². The largest absolute Gasteiger partial charge is 0.467 e. The van der Waals surface area contributed by atoms with Crippen molar-refractivity contribution in [1.29, 1.82) is 0 Å². The number of amides is 2. The SMILES string of the molecule is COC(=O)CON1C(=O)CN(C(=O)c2ccccc2)[C@@H]1c1cccc([N+](=O)[O-])c1. The van der Waals surface area contributed by atoms with E-state index in [0.29, 0.717) is 11.1 Å². The summed E-state index contributed by atoms with van der Waals surface area (Å²) in [6.07, 6.45) is -1.08. The van der Waals surface area contributed by atoms with E-state index >= 15 is 0 Å². The van der Waals surface area contributed by atoms with Crippen LogP contribution >= 0.6 is 0 Å². The van der Waals surface area contributed by atoms with E-state index in [-0.39, 0.29) is 12.2 Å². The first-order chi connectivity index (χ1) is 13.9. The molecule has 0 unspecified atom stereocenters. The van der Waals surface area contributed by atoms with E-state index in [1.807, 2.05) is 0 Å². The van der Waals surface area contributed by atoms with Crippen molar-refractivity contribution in [3.05, 3.63) is 75.8 Å². The fourth-order valence-electron chi connectivity index (χ4n) is 2.93. The number of methoxy groups -OCH3 is 1. The van der Waals surface area contributed by atoms with E-state index in [4.69, 9.17) is 4.84 Å². The molecule has 1 heterocycles. The lowest BCUT2D eigenvalue weighted by Gasteiger charge is -2.29. The van der Waals surface area contributed by atoms with Gasteiger partial charge in [0, 0.05) is 23.3 Å². The highest BCUT2D eigenvalue weighted by atomic mass is 16.7. The normalized spacial score (nSPS) is 16.0. The molecule has 0 aromatic heterocycles. The third-order valence-electron chi connectivity index (χ3n) is 4.28. The lowest BCUT2D eigenvalue weighted by atomic mass is 10.1. The van der Waals surface area contributed by atoms with E-state index in [1.165, 1.54) is 36.3 Å².